The highest BCUT2D eigenvalue weighted by Gasteiger charge is 2.38. The average molecular weight is 463 g/mol. The van der Waals surface area contributed by atoms with Crippen LogP contribution in [0.25, 0.3) is 6.08 Å². The van der Waals surface area contributed by atoms with Gasteiger partial charge in [0, 0.05) is 35.4 Å². The zero-order valence-corrected chi connectivity index (χ0v) is 17.7. The Morgan fingerprint density at radius 2 is 1.86 bits per heavy atom. The van der Waals surface area contributed by atoms with Gasteiger partial charge in [0.05, 0.1) is 0 Å². The fraction of sp³-hybridized carbons (Fsp3) is 0.273. The lowest BCUT2D eigenvalue weighted by molar-refractivity contribution is -0.134. The summed E-state index contributed by atoms with van der Waals surface area (Å²) in [4.78, 5) is 27.5. The lowest BCUT2D eigenvalue weighted by Crippen LogP contribution is -2.58. The predicted molar refractivity (Wildman–Crippen MR) is 111 cm³/mol. The number of hydrogen-bond acceptors (Lipinski definition) is 4. The Balaban J connectivity index is 2.01. The summed E-state index contributed by atoms with van der Waals surface area (Å²) in [5, 5.41) is 0. The molecule has 1 fully saturated rings. The molecule has 2 aromatic rings. The van der Waals surface area contributed by atoms with Gasteiger partial charge in [-0.25, -0.2) is 8.78 Å². The van der Waals surface area contributed by atoms with Gasteiger partial charge in [0.25, 0.3) is 0 Å². The molecule has 1 aliphatic rings. The molecule has 0 spiro atoms. The molecule has 2 atom stereocenters. The van der Waals surface area contributed by atoms with Crippen LogP contribution in [0.5, 0.6) is 0 Å². The van der Waals surface area contributed by atoms with Crippen LogP contribution >= 0.6 is 15.9 Å². The van der Waals surface area contributed by atoms with Crippen molar-refractivity contribution >= 4 is 34.1 Å². The lowest BCUT2D eigenvalue weighted by Gasteiger charge is -2.45. The van der Waals surface area contributed by atoms with Crippen LogP contribution in [0.15, 0.2) is 52.6 Å². The molecule has 152 valence electrons. The van der Waals surface area contributed by atoms with Crippen molar-refractivity contribution in [2.45, 2.75) is 18.5 Å². The molecule has 1 heterocycles. The molecule has 2 unspecified atom stereocenters. The fourth-order valence-electron chi connectivity index (χ4n) is 3.70. The highest BCUT2D eigenvalue weighted by Crippen LogP contribution is 2.30. The molecule has 3 rings (SSSR count). The van der Waals surface area contributed by atoms with E-state index in [1.807, 2.05) is 40.1 Å². The number of aldehydes is 1. The first-order valence-corrected chi connectivity index (χ1v) is 9.94. The fourth-order valence-corrected chi connectivity index (χ4v) is 4.12. The Hall–Kier alpha value is -2.38. The number of piperazine rings is 1. The monoisotopic (exact) mass is 462 g/mol. The summed E-state index contributed by atoms with van der Waals surface area (Å²) < 4.78 is 28.5. The maximum atomic E-state index is 14.4. The molecule has 0 saturated carbocycles. The lowest BCUT2D eigenvalue weighted by atomic mass is 9.94. The number of ketones is 1. The molecule has 7 heteroatoms. The van der Waals surface area contributed by atoms with Gasteiger partial charge in [0.2, 0.25) is 5.78 Å². The molecule has 29 heavy (non-hydrogen) atoms. The van der Waals surface area contributed by atoms with Crippen LogP contribution in [0.2, 0.25) is 0 Å². The van der Waals surface area contributed by atoms with Gasteiger partial charge >= 0.3 is 0 Å². The number of Topliss-reactive ketones (excluding diaryl/α,β-unsaturated/α-hetero) is 1. The molecule has 0 aromatic heterocycles. The maximum Gasteiger partial charge on any atom is 0.218 e. The molecule has 1 aliphatic heterocycles. The standard InChI is InChI=1S/C22H21BrF2N2O2/c1-26-12-15(10-14-6-4-3-5-7-14)27(2)22(20(29)13-28)19(26)11-16-17(23)8-9-18(24)21(16)25/h3-9,11,13,15,22H,10,12H2,1-2H3. The summed E-state index contributed by atoms with van der Waals surface area (Å²) in [5.41, 5.74) is 1.56. The molecule has 1 saturated heterocycles. The highest BCUT2D eigenvalue weighted by atomic mass is 79.9. The minimum absolute atomic E-state index is 0.00505. The first kappa shape index (κ1) is 21.3. The van der Waals surface area contributed by atoms with Crippen molar-refractivity contribution in [3.63, 3.8) is 0 Å². The van der Waals surface area contributed by atoms with Gasteiger partial charge in [0.1, 0.15) is 6.04 Å². The third-order valence-corrected chi connectivity index (χ3v) is 5.95. The van der Waals surface area contributed by atoms with Crippen LogP contribution in [0.3, 0.4) is 0 Å². The Morgan fingerprint density at radius 1 is 1.17 bits per heavy atom. The van der Waals surface area contributed by atoms with Gasteiger partial charge in [0.15, 0.2) is 17.9 Å². The molecular formula is C22H21BrF2N2O2. The summed E-state index contributed by atoms with van der Waals surface area (Å²) in [6.07, 6.45) is 2.41. The summed E-state index contributed by atoms with van der Waals surface area (Å²) in [6, 6.07) is 11.4. The van der Waals surface area contributed by atoms with Crippen molar-refractivity contribution in [3.8, 4) is 0 Å². The molecule has 0 aliphatic carbocycles. The molecular weight excluding hydrogens is 442 g/mol. The van der Waals surface area contributed by atoms with Crippen molar-refractivity contribution in [3.05, 3.63) is 75.4 Å². The highest BCUT2D eigenvalue weighted by molar-refractivity contribution is 9.10. The minimum Gasteiger partial charge on any atom is -0.375 e. The maximum absolute atomic E-state index is 14.4. The molecule has 2 aromatic carbocycles. The van der Waals surface area contributed by atoms with Crippen molar-refractivity contribution in [1.29, 1.82) is 0 Å². The van der Waals surface area contributed by atoms with Gasteiger partial charge in [-0.1, -0.05) is 46.3 Å². The number of likely N-dealkylation sites (N-methyl/N-ethyl adjacent to an activating group) is 2. The Kier molecular flexibility index (Phi) is 6.59. The first-order chi connectivity index (χ1) is 13.8. The van der Waals surface area contributed by atoms with Crippen LogP contribution < -0.4 is 0 Å². The van der Waals surface area contributed by atoms with E-state index >= 15 is 0 Å². The number of carbonyl (C=O) groups excluding carboxylic acids is 2. The van der Waals surface area contributed by atoms with E-state index in [9.17, 15) is 18.4 Å². The minimum atomic E-state index is -1.01. The first-order valence-electron chi connectivity index (χ1n) is 9.14. The normalized spacial score (nSPS) is 21.4. The van der Waals surface area contributed by atoms with Gasteiger partial charge in [-0.15, -0.1) is 0 Å². The topological polar surface area (TPSA) is 40.6 Å². The second-order valence-electron chi connectivity index (χ2n) is 7.14. The zero-order valence-electron chi connectivity index (χ0n) is 16.1. The van der Waals surface area contributed by atoms with E-state index in [0.29, 0.717) is 23.1 Å². The summed E-state index contributed by atoms with van der Waals surface area (Å²) in [6.45, 7) is 0.564. The number of nitrogens with zero attached hydrogens (tertiary/aromatic N) is 2. The summed E-state index contributed by atoms with van der Waals surface area (Å²) in [7, 11) is 3.56. The Bertz CT molecular complexity index is 949. The Morgan fingerprint density at radius 3 is 2.52 bits per heavy atom. The molecule has 4 nitrogen and oxygen atoms in total. The zero-order chi connectivity index (χ0) is 21.1. The average Bonchev–Trinajstić information content (AvgIpc) is 2.71. The van der Waals surface area contributed by atoms with Gasteiger partial charge in [-0.3, -0.25) is 14.5 Å². The number of carbonyl (C=O) groups is 2. The number of hydrogen-bond donors (Lipinski definition) is 0. The van der Waals surface area contributed by atoms with Crippen LogP contribution in [-0.2, 0) is 16.0 Å². The van der Waals surface area contributed by atoms with E-state index in [4.69, 9.17) is 0 Å². The van der Waals surface area contributed by atoms with E-state index < -0.39 is 23.5 Å². The third kappa shape index (κ3) is 4.46. The number of rotatable bonds is 5. The van der Waals surface area contributed by atoms with Gasteiger partial charge in [-0.2, -0.15) is 0 Å². The van der Waals surface area contributed by atoms with Gasteiger partial charge < -0.3 is 4.90 Å². The quantitative estimate of drug-likeness (QED) is 0.386. The smallest absolute Gasteiger partial charge is 0.218 e. The van der Waals surface area contributed by atoms with E-state index in [1.54, 1.807) is 14.1 Å². The molecule has 0 radical (unpaired) electrons. The summed E-state index contributed by atoms with van der Waals surface area (Å²) >= 11 is 3.24. The van der Waals surface area contributed by atoms with Crippen molar-refractivity contribution < 1.29 is 18.4 Å². The van der Waals surface area contributed by atoms with Crippen LogP contribution in [0.4, 0.5) is 8.78 Å². The van der Waals surface area contributed by atoms with E-state index in [2.05, 4.69) is 15.9 Å². The second-order valence-corrected chi connectivity index (χ2v) is 7.99. The van der Waals surface area contributed by atoms with Crippen LogP contribution in [0.1, 0.15) is 11.1 Å². The Labute approximate surface area is 176 Å². The largest absolute Gasteiger partial charge is 0.375 e. The van der Waals surface area contributed by atoms with E-state index in [-0.39, 0.29) is 17.9 Å². The molecule has 0 bridgehead atoms. The summed E-state index contributed by atoms with van der Waals surface area (Å²) in [5.74, 6) is -2.62. The number of benzene rings is 2. The van der Waals surface area contributed by atoms with Crippen LogP contribution in [-0.4, -0.2) is 54.6 Å². The predicted octanol–water partition coefficient (Wildman–Crippen LogP) is 3.69. The van der Waals surface area contributed by atoms with Crippen LogP contribution in [0, 0.1) is 11.6 Å². The van der Waals surface area contributed by atoms with Gasteiger partial charge in [-0.05, 0) is 37.2 Å². The van der Waals surface area contributed by atoms with Crippen molar-refractivity contribution in [2.24, 2.45) is 0 Å². The van der Waals surface area contributed by atoms with Crippen molar-refractivity contribution in [2.75, 3.05) is 20.6 Å². The molecule has 0 N–H and O–H groups in total. The van der Waals surface area contributed by atoms with Crippen molar-refractivity contribution in [1.82, 2.24) is 9.80 Å². The van der Waals surface area contributed by atoms with E-state index in [1.165, 1.54) is 12.1 Å². The third-order valence-electron chi connectivity index (χ3n) is 5.26. The number of halogens is 3. The SMILES string of the molecule is CN1CC(Cc2ccccc2)N(C)C(C(=O)C=O)C1=Cc1c(Br)ccc(F)c1F. The molecule has 0 amide bonds. The van der Waals surface area contributed by atoms with E-state index in [0.717, 1.165) is 11.6 Å². The second kappa shape index (κ2) is 8.97.